The SMILES string of the molecule is CN(C)C1CCN(S(=O)(=O)c2ccc(=O)[nH]c2)CC1. The monoisotopic (exact) mass is 285 g/mol. The van der Waals surface area contributed by atoms with Gasteiger partial charge in [-0.2, -0.15) is 4.31 Å². The fraction of sp³-hybridized carbons (Fsp3) is 0.583. The van der Waals surface area contributed by atoms with E-state index < -0.39 is 10.0 Å². The van der Waals surface area contributed by atoms with Crippen LogP contribution in [0.5, 0.6) is 0 Å². The van der Waals surface area contributed by atoms with Crippen molar-refractivity contribution in [3.05, 3.63) is 28.7 Å². The normalized spacial score (nSPS) is 18.9. The highest BCUT2D eigenvalue weighted by Crippen LogP contribution is 2.21. The van der Waals surface area contributed by atoms with E-state index in [0.717, 1.165) is 12.8 Å². The summed E-state index contributed by atoms with van der Waals surface area (Å²) in [4.78, 5) is 15.7. The first kappa shape index (κ1) is 14.2. The second kappa shape index (κ2) is 5.44. The lowest BCUT2D eigenvalue weighted by Crippen LogP contribution is -2.44. The molecule has 0 spiro atoms. The van der Waals surface area contributed by atoms with Crippen molar-refractivity contribution < 1.29 is 8.42 Å². The molecule has 1 aliphatic heterocycles. The third-order valence-electron chi connectivity index (χ3n) is 3.55. The van der Waals surface area contributed by atoms with Crippen molar-refractivity contribution in [3.63, 3.8) is 0 Å². The Kier molecular flexibility index (Phi) is 4.07. The lowest BCUT2D eigenvalue weighted by Gasteiger charge is -2.34. The summed E-state index contributed by atoms with van der Waals surface area (Å²) in [6.07, 6.45) is 2.92. The molecule has 2 rings (SSSR count). The van der Waals surface area contributed by atoms with Crippen LogP contribution in [0, 0.1) is 0 Å². The van der Waals surface area contributed by atoms with Gasteiger partial charge in [0.2, 0.25) is 15.6 Å². The van der Waals surface area contributed by atoms with Crippen molar-refractivity contribution in [1.29, 1.82) is 0 Å². The average molecular weight is 285 g/mol. The zero-order chi connectivity index (χ0) is 14.0. The van der Waals surface area contributed by atoms with Gasteiger partial charge in [0.05, 0.1) is 4.90 Å². The zero-order valence-corrected chi connectivity index (χ0v) is 12.0. The second-order valence-electron chi connectivity index (χ2n) is 4.99. The number of aromatic nitrogens is 1. The smallest absolute Gasteiger partial charge is 0.247 e. The first-order valence-corrected chi connectivity index (χ1v) is 7.70. The molecule has 6 nitrogen and oxygen atoms in total. The van der Waals surface area contributed by atoms with Crippen molar-refractivity contribution >= 4 is 10.0 Å². The Hall–Kier alpha value is -1.18. The Labute approximate surface area is 113 Å². The van der Waals surface area contributed by atoms with Gasteiger partial charge in [-0.15, -0.1) is 0 Å². The van der Waals surface area contributed by atoms with Crippen LogP contribution < -0.4 is 5.56 Å². The minimum atomic E-state index is -3.48. The summed E-state index contributed by atoms with van der Waals surface area (Å²) in [6.45, 7) is 1.04. The number of nitrogens with zero attached hydrogens (tertiary/aromatic N) is 2. The molecule has 0 bridgehead atoms. The minimum absolute atomic E-state index is 0.149. The molecule has 7 heteroatoms. The van der Waals surface area contributed by atoms with Crippen LogP contribution in [0.4, 0.5) is 0 Å². The number of H-pyrrole nitrogens is 1. The van der Waals surface area contributed by atoms with Gasteiger partial charge >= 0.3 is 0 Å². The van der Waals surface area contributed by atoms with Gasteiger partial charge in [-0.1, -0.05) is 0 Å². The number of hydrogen-bond donors (Lipinski definition) is 1. The minimum Gasteiger partial charge on any atom is -0.328 e. The Morgan fingerprint density at radius 1 is 1.26 bits per heavy atom. The van der Waals surface area contributed by atoms with Crippen molar-refractivity contribution in [2.75, 3.05) is 27.2 Å². The number of piperidine rings is 1. The lowest BCUT2D eigenvalue weighted by atomic mass is 10.1. The van der Waals surface area contributed by atoms with Gasteiger partial charge in [-0.3, -0.25) is 4.79 Å². The maximum Gasteiger partial charge on any atom is 0.247 e. The summed E-state index contributed by atoms with van der Waals surface area (Å²) in [5.41, 5.74) is -0.301. The molecule has 1 aliphatic rings. The molecule has 1 aromatic rings. The van der Waals surface area contributed by atoms with Crippen LogP contribution in [0.1, 0.15) is 12.8 Å². The molecule has 0 radical (unpaired) electrons. The van der Waals surface area contributed by atoms with Crippen molar-refractivity contribution in [1.82, 2.24) is 14.2 Å². The summed E-state index contributed by atoms with van der Waals surface area (Å²) < 4.78 is 26.2. The molecule has 19 heavy (non-hydrogen) atoms. The third kappa shape index (κ3) is 3.05. The fourth-order valence-electron chi connectivity index (χ4n) is 2.30. The topological polar surface area (TPSA) is 73.5 Å². The predicted octanol–water partition coefficient (Wildman–Crippen LogP) is 0.0896. The van der Waals surface area contributed by atoms with Gasteiger partial charge in [0.25, 0.3) is 0 Å². The van der Waals surface area contributed by atoms with Gasteiger partial charge in [-0.05, 0) is 33.0 Å². The van der Waals surface area contributed by atoms with Gasteiger partial charge in [0.1, 0.15) is 0 Å². The van der Waals surface area contributed by atoms with Crippen molar-refractivity contribution in [2.24, 2.45) is 0 Å². The van der Waals surface area contributed by atoms with E-state index in [2.05, 4.69) is 9.88 Å². The molecule has 1 N–H and O–H groups in total. The number of pyridine rings is 1. The fourth-order valence-corrected chi connectivity index (χ4v) is 3.74. The maximum atomic E-state index is 12.4. The molecule has 0 atom stereocenters. The molecular formula is C12H19N3O3S. The van der Waals surface area contributed by atoms with Crippen LogP contribution in [0.15, 0.2) is 28.0 Å². The quantitative estimate of drug-likeness (QED) is 0.854. The highest BCUT2D eigenvalue weighted by molar-refractivity contribution is 7.89. The Bertz CT molecular complexity index is 566. The molecule has 2 heterocycles. The van der Waals surface area contributed by atoms with E-state index in [9.17, 15) is 13.2 Å². The van der Waals surface area contributed by atoms with E-state index in [1.807, 2.05) is 14.1 Å². The Balaban J connectivity index is 2.14. The third-order valence-corrected chi connectivity index (χ3v) is 5.44. The highest BCUT2D eigenvalue weighted by atomic mass is 32.2. The molecule has 0 unspecified atom stereocenters. The van der Waals surface area contributed by atoms with Gasteiger partial charge < -0.3 is 9.88 Å². The predicted molar refractivity (Wildman–Crippen MR) is 72.5 cm³/mol. The number of rotatable bonds is 3. The van der Waals surface area contributed by atoms with E-state index in [4.69, 9.17) is 0 Å². The molecule has 1 saturated heterocycles. The molecule has 1 aromatic heterocycles. The first-order chi connectivity index (χ1) is 8.91. The zero-order valence-electron chi connectivity index (χ0n) is 11.2. The van der Waals surface area contributed by atoms with Crippen molar-refractivity contribution in [3.8, 4) is 0 Å². The Morgan fingerprint density at radius 3 is 2.37 bits per heavy atom. The number of sulfonamides is 1. The summed E-state index contributed by atoms with van der Waals surface area (Å²) in [6, 6.07) is 3.02. The molecular weight excluding hydrogens is 266 g/mol. The second-order valence-corrected chi connectivity index (χ2v) is 6.93. The summed E-state index contributed by atoms with van der Waals surface area (Å²) >= 11 is 0. The number of aromatic amines is 1. The van der Waals surface area contributed by atoms with Crippen LogP contribution >= 0.6 is 0 Å². The molecule has 0 amide bonds. The Morgan fingerprint density at radius 2 is 1.89 bits per heavy atom. The number of hydrogen-bond acceptors (Lipinski definition) is 4. The van der Waals surface area contributed by atoms with Crippen LogP contribution in [0.25, 0.3) is 0 Å². The molecule has 0 aliphatic carbocycles. The van der Waals surface area contributed by atoms with E-state index in [1.165, 1.54) is 22.6 Å². The summed E-state index contributed by atoms with van der Waals surface area (Å²) in [7, 11) is 0.538. The van der Waals surface area contributed by atoms with E-state index in [1.54, 1.807) is 0 Å². The van der Waals surface area contributed by atoms with Gasteiger partial charge in [0.15, 0.2) is 0 Å². The first-order valence-electron chi connectivity index (χ1n) is 6.26. The average Bonchev–Trinajstić information content (AvgIpc) is 2.39. The van der Waals surface area contributed by atoms with Crippen LogP contribution in [-0.2, 0) is 10.0 Å². The van der Waals surface area contributed by atoms with Crippen LogP contribution in [0.2, 0.25) is 0 Å². The molecule has 0 saturated carbocycles. The van der Waals surface area contributed by atoms with E-state index in [-0.39, 0.29) is 10.5 Å². The summed E-state index contributed by atoms with van der Waals surface area (Å²) in [5, 5.41) is 0. The largest absolute Gasteiger partial charge is 0.328 e. The van der Waals surface area contributed by atoms with E-state index >= 15 is 0 Å². The molecule has 106 valence electrons. The standard InChI is InChI=1S/C12H19N3O3S/c1-14(2)10-5-7-15(8-6-10)19(17,18)11-3-4-12(16)13-9-11/h3-4,9-10H,5-8H2,1-2H3,(H,13,16). The lowest BCUT2D eigenvalue weighted by molar-refractivity contribution is 0.196. The molecule has 1 fully saturated rings. The number of nitrogens with one attached hydrogen (secondary N) is 1. The molecule has 0 aromatic carbocycles. The van der Waals surface area contributed by atoms with Crippen LogP contribution in [0.3, 0.4) is 0 Å². The van der Waals surface area contributed by atoms with Crippen LogP contribution in [-0.4, -0.2) is 55.8 Å². The van der Waals surface area contributed by atoms with Gasteiger partial charge in [-0.25, -0.2) is 8.42 Å². The van der Waals surface area contributed by atoms with E-state index in [0.29, 0.717) is 19.1 Å². The maximum absolute atomic E-state index is 12.4. The van der Waals surface area contributed by atoms with Crippen molar-refractivity contribution in [2.45, 2.75) is 23.8 Å². The van der Waals surface area contributed by atoms with Gasteiger partial charge in [0, 0.05) is 31.4 Å². The summed E-state index contributed by atoms with van der Waals surface area (Å²) in [5.74, 6) is 0. The highest BCUT2D eigenvalue weighted by Gasteiger charge is 2.29.